The van der Waals surface area contributed by atoms with Crippen molar-refractivity contribution in [2.45, 2.75) is 13.0 Å². The molecule has 10 heteroatoms. The van der Waals surface area contributed by atoms with Crippen LogP contribution < -0.4 is 9.21 Å². The van der Waals surface area contributed by atoms with Crippen molar-refractivity contribution in [2.75, 3.05) is 42.3 Å². The molecule has 26 heavy (non-hydrogen) atoms. The number of anilines is 2. The molecule has 0 spiro atoms. The summed E-state index contributed by atoms with van der Waals surface area (Å²) in [6, 6.07) is 4.02. The van der Waals surface area contributed by atoms with Gasteiger partial charge in [-0.3, -0.25) is 9.40 Å². The number of aromatic amines is 1. The van der Waals surface area contributed by atoms with Gasteiger partial charge in [0.1, 0.15) is 16.8 Å². The highest BCUT2D eigenvalue weighted by Gasteiger charge is 2.24. The number of hydrogen-bond donors (Lipinski definition) is 1. The molecule has 1 aliphatic rings. The van der Waals surface area contributed by atoms with Gasteiger partial charge in [-0.2, -0.15) is 14.9 Å². The lowest BCUT2D eigenvalue weighted by Crippen LogP contribution is -2.44. The van der Waals surface area contributed by atoms with E-state index >= 15 is 0 Å². The van der Waals surface area contributed by atoms with Crippen LogP contribution in [0.1, 0.15) is 6.92 Å². The lowest BCUT2D eigenvalue weighted by Gasteiger charge is -2.34. The molecule has 0 bridgehead atoms. The number of nitrogens with one attached hydrogen (secondary N) is 1. The average Bonchev–Trinajstić information content (AvgIpc) is 3.29. The minimum absolute atomic E-state index is 0.211. The lowest BCUT2D eigenvalue weighted by molar-refractivity contribution is 0.0985. The zero-order valence-corrected chi connectivity index (χ0v) is 15.7. The van der Waals surface area contributed by atoms with E-state index in [0.717, 1.165) is 29.3 Å². The number of H-pyrrole nitrogens is 1. The van der Waals surface area contributed by atoms with Crippen molar-refractivity contribution < 1.29 is 8.95 Å². The molecule has 1 aliphatic heterocycles. The lowest BCUT2D eigenvalue weighted by atomic mass is 10.2. The molecule has 2 atom stereocenters. The maximum Gasteiger partial charge on any atom is 0.169 e. The van der Waals surface area contributed by atoms with Crippen LogP contribution in [0.2, 0.25) is 0 Å². The highest BCUT2D eigenvalue weighted by Crippen LogP contribution is 2.32. The van der Waals surface area contributed by atoms with Crippen molar-refractivity contribution >= 4 is 33.5 Å². The number of aromatic nitrogens is 5. The molecule has 138 valence electrons. The Morgan fingerprint density at radius 3 is 3.00 bits per heavy atom. The van der Waals surface area contributed by atoms with Crippen LogP contribution in [0.25, 0.3) is 16.9 Å². The summed E-state index contributed by atoms with van der Waals surface area (Å²) in [6.45, 7) is 4.19. The molecule has 1 fully saturated rings. The van der Waals surface area contributed by atoms with Crippen LogP contribution in [0.5, 0.6) is 0 Å². The van der Waals surface area contributed by atoms with E-state index in [2.05, 4.69) is 27.1 Å². The van der Waals surface area contributed by atoms with E-state index in [-0.39, 0.29) is 6.04 Å². The highest BCUT2D eigenvalue weighted by molar-refractivity contribution is 7.85. The number of fused-ring (bicyclic) bond motifs is 1. The second-order valence-electron chi connectivity index (χ2n) is 6.27. The summed E-state index contributed by atoms with van der Waals surface area (Å²) >= 11 is 0. The molecule has 1 N–H and O–H groups in total. The van der Waals surface area contributed by atoms with Crippen molar-refractivity contribution in [2.24, 2.45) is 0 Å². The van der Waals surface area contributed by atoms with E-state index in [9.17, 15) is 4.21 Å². The van der Waals surface area contributed by atoms with Crippen molar-refractivity contribution in [3.8, 4) is 5.82 Å². The Kier molecular flexibility index (Phi) is 4.37. The van der Waals surface area contributed by atoms with Crippen LogP contribution in [0.3, 0.4) is 0 Å². The molecular formula is C16H21N7O2S. The summed E-state index contributed by atoms with van der Waals surface area (Å²) in [6.07, 6.45) is 5.07. The molecule has 9 nitrogen and oxygen atoms in total. The third-order valence-electron chi connectivity index (χ3n) is 4.61. The maximum absolute atomic E-state index is 12.1. The van der Waals surface area contributed by atoms with Crippen LogP contribution in [0.4, 0.5) is 11.5 Å². The molecule has 0 amide bonds. The topological polar surface area (TPSA) is 92.2 Å². The fourth-order valence-electron chi connectivity index (χ4n) is 3.13. The van der Waals surface area contributed by atoms with Gasteiger partial charge in [-0.25, -0.2) is 9.19 Å². The first kappa shape index (κ1) is 17.0. The molecule has 3 aromatic rings. The van der Waals surface area contributed by atoms with Gasteiger partial charge < -0.3 is 9.64 Å². The third-order valence-corrected chi connectivity index (χ3v) is 5.58. The second-order valence-corrected chi connectivity index (χ2v) is 7.67. The first-order valence-corrected chi connectivity index (χ1v) is 9.88. The monoisotopic (exact) mass is 375 g/mol. The molecule has 1 saturated heterocycles. The summed E-state index contributed by atoms with van der Waals surface area (Å²) < 4.78 is 21.1. The fraction of sp³-hybridized carbons (Fsp3) is 0.438. The van der Waals surface area contributed by atoms with Gasteiger partial charge in [0.15, 0.2) is 11.5 Å². The van der Waals surface area contributed by atoms with Crippen LogP contribution in [-0.4, -0.2) is 68.3 Å². The Balaban J connectivity index is 1.92. The number of hydrogen-bond acceptors (Lipinski definition) is 6. The first-order valence-electron chi connectivity index (χ1n) is 8.36. The van der Waals surface area contributed by atoms with Crippen molar-refractivity contribution in [1.82, 2.24) is 25.0 Å². The Morgan fingerprint density at radius 1 is 1.46 bits per heavy atom. The summed E-state index contributed by atoms with van der Waals surface area (Å²) in [5, 5.41) is 12.2. The largest absolute Gasteiger partial charge is 0.377 e. The smallest absolute Gasteiger partial charge is 0.169 e. The molecule has 0 radical (unpaired) electrons. The zero-order valence-electron chi connectivity index (χ0n) is 14.9. The van der Waals surface area contributed by atoms with E-state index in [0.29, 0.717) is 18.9 Å². The Bertz CT molecular complexity index is 940. The van der Waals surface area contributed by atoms with E-state index in [4.69, 9.17) is 9.72 Å². The number of ether oxygens (including phenoxy) is 1. The van der Waals surface area contributed by atoms with Gasteiger partial charge in [0.25, 0.3) is 0 Å². The first-order chi connectivity index (χ1) is 12.6. The number of pyridine rings is 1. The maximum atomic E-state index is 12.1. The van der Waals surface area contributed by atoms with Gasteiger partial charge >= 0.3 is 0 Å². The van der Waals surface area contributed by atoms with Crippen molar-refractivity contribution in [3.63, 3.8) is 0 Å². The number of nitrogens with zero attached hydrogens (tertiary/aromatic N) is 6. The number of morpholine rings is 1. The number of rotatable bonds is 4. The molecule has 4 heterocycles. The van der Waals surface area contributed by atoms with Crippen LogP contribution >= 0.6 is 0 Å². The molecule has 1 unspecified atom stereocenters. The second kappa shape index (κ2) is 6.69. The average molecular weight is 375 g/mol. The Morgan fingerprint density at radius 2 is 2.31 bits per heavy atom. The minimum atomic E-state index is -1.16. The predicted molar refractivity (Wildman–Crippen MR) is 101 cm³/mol. The molecule has 4 rings (SSSR count). The van der Waals surface area contributed by atoms with Crippen molar-refractivity contribution in [3.05, 3.63) is 24.5 Å². The van der Waals surface area contributed by atoms with E-state index in [1.165, 1.54) is 0 Å². The zero-order chi connectivity index (χ0) is 18.3. The summed E-state index contributed by atoms with van der Waals surface area (Å²) in [4.78, 5) is 7.08. The highest BCUT2D eigenvalue weighted by atomic mass is 32.2. The van der Waals surface area contributed by atoms with Gasteiger partial charge in [0, 0.05) is 32.0 Å². The third kappa shape index (κ3) is 2.84. The van der Waals surface area contributed by atoms with Crippen LogP contribution in [0, 0.1) is 0 Å². The summed E-state index contributed by atoms with van der Waals surface area (Å²) in [5.74, 6) is 1.55. The quantitative estimate of drug-likeness (QED) is 0.734. The Labute approximate surface area is 153 Å². The molecule has 0 saturated carbocycles. The molecular weight excluding hydrogens is 354 g/mol. The van der Waals surface area contributed by atoms with Gasteiger partial charge in [-0.05, 0) is 6.92 Å². The van der Waals surface area contributed by atoms with Gasteiger partial charge in [0.2, 0.25) is 0 Å². The van der Waals surface area contributed by atoms with Gasteiger partial charge in [0.05, 0.1) is 42.7 Å². The van der Waals surface area contributed by atoms with Crippen LogP contribution in [0.15, 0.2) is 24.5 Å². The SMILES string of the molecule is C[C@@H]1COCCN1c1cc(N(C)S(C)=O)c2cnn(-c3ccn[nH]3)c2n1. The normalized spacial score (nSPS) is 19.0. The molecule has 0 aliphatic carbocycles. The van der Waals surface area contributed by atoms with Gasteiger partial charge in [-0.1, -0.05) is 0 Å². The standard InChI is InChI=1S/C16H21N7O2S/c1-11-10-25-7-6-22(11)15-8-13(21(2)26(3)24)12-9-18-23(16(12)19-15)14-4-5-17-20-14/h4-5,8-9,11H,6-7,10H2,1-3H3,(H,17,20)/t11-,26?/m1/s1. The van der Waals surface area contributed by atoms with Crippen molar-refractivity contribution in [1.29, 1.82) is 0 Å². The van der Waals surface area contributed by atoms with Crippen LogP contribution in [-0.2, 0) is 15.7 Å². The van der Waals surface area contributed by atoms with Gasteiger partial charge in [-0.15, -0.1) is 0 Å². The molecule has 0 aromatic carbocycles. The fourth-order valence-corrected chi connectivity index (χ4v) is 3.56. The summed E-state index contributed by atoms with van der Waals surface area (Å²) in [7, 11) is 0.649. The van der Waals surface area contributed by atoms with E-state index in [1.807, 2.05) is 19.2 Å². The summed E-state index contributed by atoms with van der Waals surface area (Å²) in [5.41, 5.74) is 1.52. The minimum Gasteiger partial charge on any atom is -0.377 e. The predicted octanol–water partition coefficient (Wildman–Crippen LogP) is 1.10. The molecule has 3 aromatic heterocycles. The Hall–Kier alpha value is -2.46. The van der Waals surface area contributed by atoms with E-state index in [1.54, 1.807) is 27.6 Å². The van der Waals surface area contributed by atoms with E-state index < -0.39 is 11.0 Å².